The molecule has 0 aromatic carbocycles. The highest BCUT2D eigenvalue weighted by Gasteiger charge is 1.65. The van der Waals surface area contributed by atoms with Crippen LogP contribution in [0.15, 0.2) is 0 Å². The fraction of sp³-hybridized carbons (Fsp3) is 0.500. The van der Waals surface area contributed by atoms with Crippen LogP contribution < -0.4 is 0 Å². The Hall–Kier alpha value is -0.570. The lowest BCUT2D eigenvalue weighted by molar-refractivity contribution is -0.134. The Labute approximate surface area is 32.5 Å². The molecule has 0 radical (unpaired) electrons. The number of aliphatic carboxylic acids is 1. The van der Waals surface area contributed by atoms with Gasteiger partial charge in [-0.25, -0.2) is 0 Å². The molecule has 0 rings (SSSR count). The lowest BCUT2D eigenvalue weighted by atomic mass is 10.9. The SMILES string of the molecule is CC(=O)O.[2H]O[2H]. The molecule has 0 aliphatic carbocycles. The van der Waals surface area contributed by atoms with E-state index < -0.39 is 5.97 Å². The summed E-state index contributed by atoms with van der Waals surface area (Å²) >= 11 is 0. The first-order valence-corrected chi connectivity index (χ1v) is 0.928. The molecule has 3 heteroatoms. The smallest absolute Gasteiger partial charge is 0.300 e. The summed E-state index contributed by atoms with van der Waals surface area (Å²) in [4.78, 5) is 9.00. The fourth-order valence-corrected chi connectivity index (χ4v) is 0. The summed E-state index contributed by atoms with van der Waals surface area (Å²) < 4.78 is 10.8. The van der Waals surface area contributed by atoms with Crippen molar-refractivity contribution in [3.8, 4) is 0 Å². The van der Waals surface area contributed by atoms with Crippen LogP contribution in [-0.4, -0.2) is 19.4 Å². The zero-order chi connectivity index (χ0) is 6.28. The van der Waals surface area contributed by atoms with Gasteiger partial charge in [0.05, 0.1) is 0 Å². The van der Waals surface area contributed by atoms with Crippen molar-refractivity contribution >= 4 is 5.97 Å². The van der Waals surface area contributed by atoms with Gasteiger partial charge in [-0.2, -0.15) is 0 Å². The Kier molecular flexibility index (Phi) is 1.82. The summed E-state index contributed by atoms with van der Waals surface area (Å²) in [6.07, 6.45) is 0. The van der Waals surface area contributed by atoms with Crippen LogP contribution in [0.25, 0.3) is 0 Å². The Balaban J connectivity index is 0. The van der Waals surface area contributed by atoms with Crippen molar-refractivity contribution in [1.29, 1.82) is 2.86 Å². The summed E-state index contributed by atoms with van der Waals surface area (Å²) in [6.45, 7) is 1.08. The second-order valence-electron chi connectivity index (χ2n) is 0.519. The number of carboxylic acid groups (broad SMARTS) is 1. The van der Waals surface area contributed by atoms with Gasteiger partial charge in [0.15, 0.2) is 0 Å². The van der Waals surface area contributed by atoms with Crippen molar-refractivity contribution in [3.05, 3.63) is 0 Å². The average Bonchev–Trinajstić information content (AvgIpc) is 1.33. The number of hydrogen-bond acceptors (Lipinski definition) is 1. The third-order valence-corrected chi connectivity index (χ3v) is 0. The first kappa shape index (κ1) is 2.66. The van der Waals surface area contributed by atoms with Crippen molar-refractivity contribution in [2.75, 3.05) is 0 Å². The van der Waals surface area contributed by atoms with E-state index in [-0.39, 0.29) is 0 Å². The topological polar surface area (TPSA) is 68.8 Å². The maximum atomic E-state index is 9.00. The van der Waals surface area contributed by atoms with Crippen LogP contribution >= 0.6 is 0 Å². The van der Waals surface area contributed by atoms with Crippen molar-refractivity contribution < 1.29 is 15.4 Å². The molecule has 0 bridgehead atoms. The van der Waals surface area contributed by atoms with Crippen molar-refractivity contribution in [2.45, 2.75) is 6.92 Å². The highest BCUT2D eigenvalue weighted by molar-refractivity contribution is 5.62. The van der Waals surface area contributed by atoms with E-state index in [1.165, 1.54) is 0 Å². The van der Waals surface area contributed by atoms with E-state index in [0.717, 1.165) is 6.92 Å². The molecule has 0 saturated heterocycles. The van der Waals surface area contributed by atoms with Gasteiger partial charge in [0.2, 0.25) is 2.86 Å². The van der Waals surface area contributed by atoms with Gasteiger partial charge in [0.1, 0.15) is 0 Å². The van der Waals surface area contributed by atoms with Crippen LogP contribution in [0.4, 0.5) is 0 Å². The minimum Gasteiger partial charge on any atom is -0.481 e. The molecule has 0 aliphatic heterocycles. The van der Waals surface area contributed by atoms with Crippen LogP contribution in [0.3, 0.4) is 0 Å². The summed E-state index contributed by atoms with van der Waals surface area (Å²) in [5.74, 6) is -0.833. The lowest BCUT2D eigenvalue weighted by Crippen LogP contribution is -1.78. The zero-order valence-corrected chi connectivity index (χ0v) is 2.76. The first-order valence-electron chi connectivity index (χ1n) is 1.74. The summed E-state index contributed by atoms with van der Waals surface area (Å²) in [7, 11) is 0. The number of rotatable bonds is 0. The van der Waals surface area contributed by atoms with Gasteiger partial charge in [0.25, 0.3) is 5.97 Å². The van der Waals surface area contributed by atoms with Gasteiger partial charge in [-0.1, -0.05) is 0 Å². The van der Waals surface area contributed by atoms with Gasteiger partial charge >= 0.3 is 0 Å². The molecule has 0 unspecified atom stereocenters. The maximum absolute atomic E-state index is 9.00. The predicted molar refractivity (Wildman–Crippen MR) is 16.9 cm³/mol. The van der Waals surface area contributed by atoms with Gasteiger partial charge in [-0.05, 0) is 0 Å². The second-order valence-corrected chi connectivity index (χ2v) is 0.519. The van der Waals surface area contributed by atoms with Gasteiger partial charge in [0, 0.05) is 6.92 Å². The maximum Gasteiger partial charge on any atom is 0.300 e. The van der Waals surface area contributed by atoms with Gasteiger partial charge in [-0.3, -0.25) is 4.79 Å². The van der Waals surface area contributed by atoms with Crippen molar-refractivity contribution in [3.63, 3.8) is 0 Å². The fourth-order valence-electron chi connectivity index (χ4n) is 0. The van der Waals surface area contributed by atoms with E-state index in [1.807, 2.05) is 0 Å². The van der Waals surface area contributed by atoms with Crippen LogP contribution in [0.2, 0.25) is 0 Å². The first-order chi connectivity index (χ1) is 3.15. The Morgan fingerprint density at radius 3 is 2.40 bits per heavy atom. The molecule has 0 aromatic rings. The van der Waals surface area contributed by atoms with Crippen LogP contribution in [0.5, 0.6) is 0 Å². The van der Waals surface area contributed by atoms with Crippen LogP contribution in [0.1, 0.15) is 6.92 Å². The summed E-state index contributed by atoms with van der Waals surface area (Å²) in [6, 6.07) is 0. The molecule has 0 saturated carbocycles. The van der Waals surface area contributed by atoms with E-state index in [1.54, 1.807) is 0 Å². The Morgan fingerprint density at radius 1 is 2.40 bits per heavy atom. The van der Waals surface area contributed by atoms with E-state index >= 15 is 0 Å². The largest absolute Gasteiger partial charge is 0.481 e. The van der Waals surface area contributed by atoms with Gasteiger partial charge in [-0.15, -0.1) is 0 Å². The average molecular weight is 80.1 g/mol. The van der Waals surface area contributed by atoms with E-state index in [9.17, 15) is 0 Å². The van der Waals surface area contributed by atoms with E-state index in [2.05, 4.69) is 5.48 Å². The number of carboxylic acids is 1. The second kappa shape index (κ2) is 3.43. The highest BCUT2D eigenvalue weighted by atomic mass is 16.4. The summed E-state index contributed by atoms with van der Waals surface area (Å²) in [5, 5.41) is 7.42. The van der Waals surface area contributed by atoms with Crippen molar-refractivity contribution in [1.82, 2.24) is 0 Å². The van der Waals surface area contributed by atoms with E-state index in [0.29, 0.717) is 0 Å². The minimum atomic E-state index is -0.833. The molecule has 32 valence electrons. The molecule has 0 atom stereocenters. The standard InChI is InChI=1S/C2H4O2.H2O/c1-2(3)4;/h1H3,(H,3,4);1H2/i/hD2. The van der Waals surface area contributed by atoms with Crippen LogP contribution in [-0.2, 0) is 4.79 Å². The lowest BCUT2D eigenvalue weighted by Gasteiger charge is -1.59. The molecule has 0 heterocycles. The number of hydrogen-bond donors (Lipinski definition) is 1. The third-order valence-electron chi connectivity index (χ3n) is 0. The molecular weight excluding hydrogens is 72.0 g/mol. The van der Waals surface area contributed by atoms with Crippen LogP contribution in [0, 0.1) is 0 Å². The zero-order valence-electron chi connectivity index (χ0n) is 4.76. The molecule has 0 spiro atoms. The molecule has 0 amide bonds. The normalized spacial score (nSPS) is 9.00. The molecule has 0 aromatic heterocycles. The molecule has 5 heavy (non-hydrogen) atoms. The Bertz CT molecular complexity index is 42.2. The third kappa shape index (κ3) is 21.6. The van der Waals surface area contributed by atoms with Gasteiger partial charge < -0.3 is 10.6 Å². The quantitative estimate of drug-likeness (QED) is 0.416. The molecular formula is C2H6O3. The molecule has 3 nitrogen and oxygen atoms in total. The molecule has 0 aliphatic rings. The van der Waals surface area contributed by atoms with E-state index in [4.69, 9.17) is 12.8 Å². The molecule has 0 fully saturated rings. The predicted octanol–water partition coefficient (Wildman–Crippen LogP) is -0.734. The Morgan fingerprint density at radius 2 is 2.40 bits per heavy atom. The molecule has 3 N–H and O–H groups in total. The van der Waals surface area contributed by atoms with Crippen molar-refractivity contribution in [2.24, 2.45) is 0 Å². The highest BCUT2D eigenvalue weighted by Crippen LogP contribution is 1.42. The monoisotopic (exact) mass is 80.0 g/mol. The minimum absolute atomic E-state index is 0.833. The number of carbonyl (C=O) groups is 1. The summed E-state index contributed by atoms with van der Waals surface area (Å²) in [5.41, 5.74) is 2.75.